The normalized spacial score (nSPS) is 10.0. The first-order valence-electron chi connectivity index (χ1n) is 5.62. The first-order chi connectivity index (χ1) is 8.72. The molecule has 1 aromatic carbocycles. The molecule has 7 heteroatoms. The predicted molar refractivity (Wildman–Crippen MR) is 80.6 cm³/mol. The molecule has 2 rings (SSSR count). The summed E-state index contributed by atoms with van der Waals surface area (Å²) in [5.41, 5.74) is 0.865. The summed E-state index contributed by atoms with van der Waals surface area (Å²) in [5, 5.41) is 6.35. The topological polar surface area (TPSA) is 63.2 Å². The van der Waals surface area contributed by atoms with Crippen molar-refractivity contribution in [3.63, 3.8) is 0 Å². The molecule has 104 valence electrons. The highest BCUT2D eigenvalue weighted by Gasteiger charge is 2.08. The highest BCUT2D eigenvalue weighted by Crippen LogP contribution is 2.29. The lowest BCUT2D eigenvalue weighted by atomic mass is 10.3. The Labute approximate surface area is 121 Å². The lowest BCUT2D eigenvalue weighted by Gasteiger charge is -1.99. The molecule has 19 heavy (non-hydrogen) atoms. The van der Waals surface area contributed by atoms with Gasteiger partial charge in [-0.1, -0.05) is 11.3 Å². The molecular weight excluding hydrogens is 286 g/mol. The maximum absolute atomic E-state index is 11.6. The lowest BCUT2D eigenvalue weighted by Crippen LogP contribution is -2.18. The van der Waals surface area contributed by atoms with Gasteiger partial charge in [-0.3, -0.25) is 4.79 Å². The van der Waals surface area contributed by atoms with Gasteiger partial charge in [-0.2, -0.15) is 0 Å². The Morgan fingerprint density at radius 2 is 2.26 bits per heavy atom. The second-order valence-corrected chi connectivity index (χ2v) is 4.79. The van der Waals surface area contributed by atoms with E-state index in [0.29, 0.717) is 18.1 Å². The van der Waals surface area contributed by atoms with Gasteiger partial charge in [0.15, 0.2) is 5.13 Å². The van der Waals surface area contributed by atoms with Crippen LogP contribution < -0.4 is 15.4 Å². The van der Waals surface area contributed by atoms with E-state index in [4.69, 9.17) is 4.74 Å². The number of carbonyl (C=O) groups excluding carboxylic acids is 1. The van der Waals surface area contributed by atoms with E-state index in [2.05, 4.69) is 15.6 Å². The zero-order valence-electron chi connectivity index (χ0n) is 10.7. The van der Waals surface area contributed by atoms with Crippen LogP contribution in [0.15, 0.2) is 18.2 Å². The molecule has 5 nitrogen and oxygen atoms in total. The average molecular weight is 302 g/mol. The summed E-state index contributed by atoms with van der Waals surface area (Å²) in [5.74, 6) is 0.759. The largest absolute Gasteiger partial charge is 0.497 e. The second kappa shape index (κ2) is 7.28. The van der Waals surface area contributed by atoms with Crippen molar-refractivity contribution < 1.29 is 9.53 Å². The molecule has 1 aromatic heterocycles. The maximum Gasteiger partial charge on any atom is 0.227 e. The Hall–Kier alpha value is -1.37. The quantitative estimate of drug-likeness (QED) is 0.889. The Morgan fingerprint density at radius 3 is 2.95 bits per heavy atom. The molecule has 0 unspecified atom stereocenters. The number of benzene rings is 1. The summed E-state index contributed by atoms with van der Waals surface area (Å²) >= 11 is 1.45. The van der Waals surface area contributed by atoms with Crippen LogP contribution in [0.3, 0.4) is 0 Å². The van der Waals surface area contributed by atoms with Crippen LogP contribution in [0, 0.1) is 0 Å². The summed E-state index contributed by atoms with van der Waals surface area (Å²) in [7, 11) is 3.44. The van der Waals surface area contributed by atoms with Crippen LogP contribution in [0.1, 0.15) is 6.42 Å². The van der Waals surface area contributed by atoms with Gasteiger partial charge in [0.25, 0.3) is 0 Å². The third-order valence-electron chi connectivity index (χ3n) is 2.44. The van der Waals surface area contributed by atoms with Gasteiger partial charge in [0, 0.05) is 13.0 Å². The van der Waals surface area contributed by atoms with Crippen molar-refractivity contribution in [3.05, 3.63) is 18.2 Å². The summed E-state index contributed by atoms with van der Waals surface area (Å²) < 4.78 is 6.15. The number of aromatic nitrogens is 1. The number of nitrogens with one attached hydrogen (secondary N) is 2. The van der Waals surface area contributed by atoms with Gasteiger partial charge in [0.1, 0.15) is 5.75 Å². The van der Waals surface area contributed by atoms with Crippen molar-refractivity contribution in [3.8, 4) is 5.75 Å². The number of ether oxygens (including phenoxy) is 1. The first kappa shape index (κ1) is 15.7. The van der Waals surface area contributed by atoms with Gasteiger partial charge in [0.2, 0.25) is 5.91 Å². The van der Waals surface area contributed by atoms with Crippen molar-refractivity contribution in [2.24, 2.45) is 0 Å². The van der Waals surface area contributed by atoms with E-state index in [1.165, 1.54) is 11.3 Å². The van der Waals surface area contributed by atoms with E-state index in [1.807, 2.05) is 25.2 Å². The zero-order chi connectivity index (χ0) is 13.0. The lowest BCUT2D eigenvalue weighted by molar-refractivity contribution is -0.116. The predicted octanol–water partition coefficient (Wildman–Crippen LogP) is 2.27. The molecule has 0 fully saturated rings. The van der Waals surface area contributed by atoms with Gasteiger partial charge in [0.05, 0.1) is 17.3 Å². The number of hydrogen-bond acceptors (Lipinski definition) is 5. The van der Waals surface area contributed by atoms with E-state index in [9.17, 15) is 4.79 Å². The van der Waals surface area contributed by atoms with Crippen molar-refractivity contribution >= 4 is 45.0 Å². The van der Waals surface area contributed by atoms with Gasteiger partial charge in [-0.25, -0.2) is 4.98 Å². The number of nitrogens with zero attached hydrogens (tertiary/aromatic N) is 1. The summed E-state index contributed by atoms with van der Waals surface area (Å²) in [4.78, 5) is 15.9. The summed E-state index contributed by atoms with van der Waals surface area (Å²) in [6, 6.07) is 5.65. The van der Waals surface area contributed by atoms with Crippen LogP contribution >= 0.6 is 23.7 Å². The van der Waals surface area contributed by atoms with E-state index < -0.39 is 0 Å². The van der Waals surface area contributed by atoms with Gasteiger partial charge in [-0.05, 0) is 25.2 Å². The Balaban J connectivity index is 0.00000180. The Kier molecular flexibility index (Phi) is 6.01. The third-order valence-corrected chi connectivity index (χ3v) is 3.38. The fourth-order valence-corrected chi connectivity index (χ4v) is 2.42. The molecule has 2 aromatic rings. The van der Waals surface area contributed by atoms with Gasteiger partial charge in [-0.15, -0.1) is 12.4 Å². The molecule has 0 saturated carbocycles. The van der Waals surface area contributed by atoms with Crippen LogP contribution in [0.25, 0.3) is 10.2 Å². The molecule has 0 saturated heterocycles. The van der Waals surface area contributed by atoms with E-state index in [-0.39, 0.29) is 18.3 Å². The highest BCUT2D eigenvalue weighted by atomic mass is 35.5. The maximum atomic E-state index is 11.6. The van der Waals surface area contributed by atoms with Crippen LogP contribution in [-0.4, -0.2) is 31.6 Å². The molecule has 1 heterocycles. The number of halogens is 1. The molecule has 0 atom stereocenters. The van der Waals surface area contributed by atoms with Crippen molar-refractivity contribution in [2.75, 3.05) is 26.0 Å². The number of carbonyl (C=O) groups is 1. The molecule has 0 radical (unpaired) electrons. The molecule has 0 aliphatic rings. The fourth-order valence-electron chi connectivity index (χ4n) is 1.51. The number of thiazole rings is 1. The smallest absolute Gasteiger partial charge is 0.227 e. The molecule has 2 N–H and O–H groups in total. The van der Waals surface area contributed by atoms with Crippen LogP contribution in [-0.2, 0) is 4.79 Å². The molecule has 0 aliphatic heterocycles. The number of anilines is 1. The van der Waals surface area contributed by atoms with Gasteiger partial charge >= 0.3 is 0 Å². The number of amides is 1. The summed E-state index contributed by atoms with van der Waals surface area (Å²) in [6.07, 6.45) is 0.440. The van der Waals surface area contributed by atoms with E-state index in [0.717, 1.165) is 16.0 Å². The highest BCUT2D eigenvalue weighted by molar-refractivity contribution is 7.22. The van der Waals surface area contributed by atoms with Crippen molar-refractivity contribution in [1.29, 1.82) is 0 Å². The minimum absolute atomic E-state index is 0. The van der Waals surface area contributed by atoms with Crippen molar-refractivity contribution in [1.82, 2.24) is 10.3 Å². The number of hydrogen-bond donors (Lipinski definition) is 2. The SMILES string of the molecule is CNCCC(=O)Nc1nc2ccc(OC)cc2s1.Cl. The molecular formula is C12H16ClN3O2S. The van der Waals surface area contributed by atoms with Crippen LogP contribution in [0.5, 0.6) is 5.75 Å². The second-order valence-electron chi connectivity index (χ2n) is 3.75. The minimum atomic E-state index is -0.0321. The molecule has 0 aliphatic carbocycles. The monoisotopic (exact) mass is 301 g/mol. The van der Waals surface area contributed by atoms with Crippen LogP contribution in [0.4, 0.5) is 5.13 Å². The van der Waals surface area contributed by atoms with Crippen LogP contribution in [0.2, 0.25) is 0 Å². The van der Waals surface area contributed by atoms with Crippen molar-refractivity contribution in [2.45, 2.75) is 6.42 Å². The molecule has 1 amide bonds. The number of rotatable bonds is 5. The van der Waals surface area contributed by atoms with Gasteiger partial charge < -0.3 is 15.4 Å². The average Bonchev–Trinajstić information content (AvgIpc) is 2.77. The van der Waals surface area contributed by atoms with E-state index in [1.54, 1.807) is 7.11 Å². The zero-order valence-corrected chi connectivity index (χ0v) is 12.4. The molecule has 0 bridgehead atoms. The molecule has 0 spiro atoms. The standard InChI is InChI=1S/C12H15N3O2S.ClH/c1-13-6-5-11(16)15-12-14-9-4-3-8(17-2)7-10(9)18-12;/h3-4,7,13H,5-6H2,1-2H3,(H,14,15,16);1H. The summed E-state index contributed by atoms with van der Waals surface area (Å²) in [6.45, 7) is 0.657. The first-order valence-corrected chi connectivity index (χ1v) is 6.43. The third kappa shape index (κ3) is 4.05. The van der Waals surface area contributed by atoms with E-state index >= 15 is 0 Å². The Morgan fingerprint density at radius 1 is 1.47 bits per heavy atom. The Bertz CT molecular complexity index is 559. The number of fused-ring (bicyclic) bond motifs is 1. The fraction of sp³-hybridized carbons (Fsp3) is 0.333. The minimum Gasteiger partial charge on any atom is -0.497 e. The number of methoxy groups -OCH3 is 1.